The van der Waals surface area contributed by atoms with Gasteiger partial charge in [0.05, 0.1) is 23.1 Å². The van der Waals surface area contributed by atoms with Crippen LogP contribution in [0, 0.1) is 6.92 Å². The second-order valence-corrected chi connectivity index (χ2v) is 7.48. The minimum Gasteiger partial charge on any atom is -0.385 e. The van der Waals surface area contributed by atoms with Crippen molar-refractivity contribution in [1.29, 1.82) is 0 Å². The summed E-state index contributed by atoms with van der Waals surface area (Å²) >= 11 is 1.50. The first-order valence-corrected chi connectivity index (χ1v) is 10.2. The monoisotopic (exact) mass is 416 g/mol. The zero-order chi connectivity index (χ0) is 21.4. The number of rotatable bonds is 7. The van der Waals surface area contributed by atoms with Crippen molar-refractivity contribution in [3.05, 3.63) is 41.3 Å². The third kappa shape index (κ3) is 5.69. The van der Waals surface area contributed by atoms with Crippen molar-refractivity contribution in [2.45, 2.75) is 33.2 Å². The average molecular weight is 417 g/mol. The van der Waals surface area contributed by atoms with Crippen molar-refractivity contribution in [3.63, 3.8) is 0 Å². The Hall–Kier alpha value is -2.62. The maximum Gasteiger partial charge on any atom is 0.250 e. The number of carbonyl (C=O) groups excluding carboxylic acids is 1. The Morgan fingerprint density at radius 2 is 2.07 bits per heavy atom. The highest BCUT2D eigenvalue weighted by atomic mass is 32.1. The van der Waals surface area contributed by atoms with Gasteiger partial charge in [-0.1, -0.05) is 0 Å². The van der Waals surface area contributed by atoms with Crippen LogP contribution in [0.4, 0.5) is 0 Å². The first-order chi connectivity index (χ1) is 13.9. The van der Waals surface area contributed by atoms with Crippen molar-refractivity contribution in [1.82, 2.24) is 19.5 Å². The van der Waals surface area contributed by atoms with Gasteiger partial charge in [-0.25, -0.2) is 4.98 Å². The zero-order valence-electron chi connectivity index (χ0n) is 17.3. The molecule has 0 aliphatic rings. The van der Waals surface area contributed by atoms with E-state index in [4.69, 9.17) is 16.2 Å². The second-order valence-electron chi connectivity index (χ2n) is 6.62. The third-order valence-electron chi connectivity index (χ3n) is 4.18. The zero-order valence-corrected chi connectivity index (χ0v) is 18.1. The van der Waals surface area contributed by atoms with Gasteiger partial charge in [0.25, 0.3) is 5.91 Å². The van der Waals surface area contributed by atoms with Crippen molar-refractivity contribution in [2.75, 3.05) is 20.3 Å². The molecule has 0 aromatic carbocycles. The lowest BCUT2D eigenvalue weighted by atomic mass is 10.2. The van der Waals surface area contributed by atoms with Crippen LogP contribution in [0.1, 0.15) is 42.4 Å². The van der Waals surface area contributed by atoms with Gasteiger partial charge in [-0.3, -0.25) is 14.8 Å². The molecule has 29 heavy (non-hydrogen) atoms. The third-order valence-corrected chi connectivity index (χ3v) is 5.04. The number of hydrogen-bond donors (Lipinski definition) is 2. The van der Waals surface area contributed by atoms with Crippen LogP contribution in [0.5, 0.6) is 0 Å². The Morgan fingerprint density at radius 3 is 2.59 bits per heavy atom. The molecule has 0 fully saturated rings. The van der Waals surface area contributed by atoms with Crippen LogP contribution in [0.15, 0.2) is 30.0 Å². The van der Waals surface area contributed by atoms with Gasteiger partial charge in [0.1, 0.15) is 10.7 Å². The van der Waals surface area contributed by atoms with Crippen molar-refractivity contribution in [3.8, 4) is 22.1 Å². The molecule has 156 valence electrons. The highest BCUT2D eigenvalue weighted by Gasteiger charge is 2.20. The van der Waals surface area contributed by atoms with Gasteiger partial charge in [-0.15, -0.1) is 11.3 Å². The van der Waals surface area contributed by atoms with Crippen LogP contribution in [0.2, 0.25) is 0 Å². The number of nitrogens with zero attached hydrogens (tertiary/aromatic N) is 4. The van der Waals surface area contributed by atoms with E-state index in [0.29, 0.717) is 5.56 Å². The lowest BCUT2D eigenvalue weighted by Gasteiger charge is -2.14. The molecule has 4 N–H and O–H groups in total. The van der Waals surface area contributed by atoms with Crippen molar-refractivity contribution < 1.29 is 9.53 Å². The molecule has 3 heterocycles. The maximum atomic E-state index is 11.6. The summed E-state index contributed by atoms with van der Waals surface area (Å²) in [7, 11) is 1.68. The molecule has 0 saturated heterocycles. The minimum absolute atomic E-state index is 0.194. The van der Waals surface area contributed by atoms with Gasteiger partial charge in [0.2, 0.25) is 0 Å². The second kappa shape index (κ2) is 10.8. The van der Waals surface area contributed by atoms with Crippen molar-refractivity contribution >= 4 is 17.2 Å². The summed E-state index contributed by atoms with van der Waals surface area (Å²) in [5.74, 6) is -0.424. The van der Waals surface area contributed by atoms with Gasteiger partial charge in [0.15, 0.2) is 0 Å². The largest absolute Gasteiger partial charge is 0.385 e. The number of nitrogens with two attached hydrogens (primary N) is 2. The maximum absolute atomic E-state index is 11.6. The Balaban J connectivity index is 0.000000438. The summed E-state index contributed by atoms with van der Waals surface area (Å²) in [5.41, 5.74) is 14.4. The molecule has 0 atom stereocenters. The van der Waals surface area contributed by atoms with Gasteiger partial charge in [-0.05, 0) is 39.8 Å². The molecule has 0 saturated carbocycles. The number of aromatic nitrogens is 4. The molecule has 0 aliphatic heterocycles. The number of carbonyl (C=O) groups is 1. The SMILES string of the molecule is COCCCN.Cc1c(C(N)=O)cc(-c2csc(-c3cnccn3)n2)n1C(C)C. The van der Waals surface area contributed by atoms with E-state index in [2.05, 4.69) is 33.4 Å². The van der Waals surface area contributed by atoms with E-state index in [1.165, 1.54) is 11.3 Å². The van der Waals surface area contributed by atoms with E-state index in [1.807, 2.05) is 18.4 Å². The number of hydrogen-bond acceptors (Lipinski definition) is 7. The lowest BCUT2D eigenvalue weighted by molar-refractivity contribution is 0.0999. The molecule has 3 aromatic heterocycles. The Kier molecular flexibility index (Phi) is 8.44. The molecule has 0 unspecified atom stereocenters. The highest BCUT2D eigenvalue weighted by Crippen LogP contribution is 2.32. The molecule has 0 aliphatic carbocycles. The van der Waals surface area contributed by atoms with Crippen LogP contribution in [0.3, 0.4) is 0 Å². The van der Waals surface area contributed by atoms with E-state index < -0.39 is 5.91 Å². The summed E-state index contributed by atoms with van der Waals surface area (Å²) < 4.78 is 6.78. The number of primary amides is 1. The van der Waals surface area contributed by atoms with Crippen LogP contribution >= 0.6 is 11.3 Å². The molecular formula is C20H28N6O2S. The van der Waals surface area contributed by atoms with Gasteiger partial charge in [0, 0.05) is 43.2 Å². The molecule has 0 bridgehead atoms. The molecule has 1 amide bonds. The average Bonchev–Trinajstić information content (AvgIpc) is 3.32. The lowest BCUT2D eigenvalue weighted by Crippen LogP contribution is -2.13. The van der Waals surface area contributed by atoms with Crippen LogP contribution in [-0.2, 0) is 4.74 Å². The summed E-state index contributed by atoms with van der Waals surface area (Å²) in [4.78, 5) is 24.6. The van der Waals surface area contributed by atoms with E-state index in [1.54, 1.807) is 25.7 Å². The number of methoxy groups -OCH3 is 1. The molecule has 9 heteroatoms. The van der Waals surface area contributed by atoms with Crippen molar-refractivity contribution in [2.24, 2.45) is 11.5 Å². The fraction of sp³-hybridized carbons (Fsp3) is 0.400. The van der Waals surface area contributed by atoms with Crippen LogP contribution in [0.25, 0.3) is 22.1 Å². The number of amides is 1. The Morgan fingerprint density at radius 1 is 1.31 bits per heavy atom. The fourth-order valence-corrected chi connectivity index (χ4v) is 3.65. The summed E-state index contributed by atoms with van der Waals surface area (Å²) in [6, 6.07) is 2.01. The summed E-state index contributed by atoms with van der Waals surface area (Å²) in [6.07, 6.45) is 5.92. The highest BCUT2D eigenvalue weighted by molar-refractivity contribution is 7.13. The molecule has 3 rings (SSSR count). The van der Waals surface area contributed by atoms with Gasteiger partial charge >= 0.3 is 0 Å². The smallest absolute Gasteiger partial charge is 0.250 e. The normalized spacial score (nSPS) is 10.7. The van der Waals surface area contributed by atoms with Gasteiger partial charge in [-0.2, -0.15) is 0 Å². The predicted octanol–water partition coefficient (Wildman–Crippen LogP) is 3.04. The minimum atomic E-state index is -0.424. The first kappa shape index (κ1) is 22.7. The van der Waals surface area contributed by atoms with E-state index in [9.17, 15) is 4.79 Å². The number of ether oxygens (including phenoxy) is 1. The molecule has 0 radical (unpaired) electrons. The quantitative estimate of drug-likeness (QED) is 0.571. The van der Waals surface area contributed by atoms with E-state index in [0.717, 1.165) is 47.4 Å². The van der Waals surface area contributed by atoms with Gasteiger partial charge < -0.3 is 20.8 Å². The van der Waals surface area contributed by atoms with E-state index >= 15 is 0 Å². The predicted molar refractivity (Wildman–Crippen MR) is 116 cm³/mol. The topological polar surface area (TPSA) is 122 Å². The molecule has 0 spiro atoms. The van der Waals surface area contributed by atoms with Crippen LogP contribution in [-0.4, -0.2) is 45.7 Å². The fourth-order valence-electron chi connectivity index (χ4n) is 2.88. The first-order valence-electron chi connectivity index (χ1n) is 9.33. The molecule has 8 nitrogen and oxygen atoms in total. The van der Waals surface area contributed by atoms with E-state index in [-0.39, 0.29) is 6.04 Å². The summed E-state index contributed by atoms with van der Waals surface area (Å²) in [5, 5.41) is 2.76. The molecule has 3 aromatic rings. The number of thiazole rings is 1. The van der Waals surface area contributed by atoms with Crippen LogP contribution < -0.4 is 11.5 Å². The Bertz CT molecular complexity index is 916. The Labute approximate surface area is 175 Å². The molecular weight excluding hydrogens is 388 g/mol. The summed E-state index contributed by atoms with van der Waals surface area (Å²) in [6.45, 7) is 7.55. The standard InChI is InChI=1S/C16H17N5OS.C4H11NO/c1-9(2)21-10(3)11(15(17)22)6-14(21)13-8-23-16(20-13)12-7-18-4-5-19-12;1-6-4-2-3-5/h4-9H,1-3H3,(H2,17,22);2-5H2,1H3.